The van der Waals surface area contributed by atoms with E-state index >= 15 is 0 Å². The number of pyridine rings is 1. The lowest BCUT2D eigenvalue weighted by atomic mass is 9.85. The van der Waals surface area contributed by atoms with Crippen LogP contribution in [0.15, 0.2) is 24.3 Å². The highest BCUT2D eigenvalue weighted by molar-refractivity contribution is 5.81. The van der Waals surface area contributed by atoms with Crippen LogP contribution in [0.3, 0.4) is 0 Å². The Balaban J connectivity index is 1.77. The summed E-state index contributed by atoms with van der Waals surface area (Å²) >= 11 is 0. The van der Waals surface area contributed by atoms with E-state index in [1.54, 1.807) is 6.07 Å². The normalized spacial score (nSPS) is 17.2. The topological polar surface area (TPSA) is 48.4 Å². The maximum Gasteiger partial charge on any atom is 0.133 e. The molecule has 5 heteroatoms. The summed E-state index contributed by atoms with van der Waals surface area (Å²) in [7, 11) is 3.87. The van der Waals surface area contributed by atoms with E-state index in [9.17, 15) is 9.50 Å². The average Bonchev–Trinajstić information content (AvgIpc) is 2.54. The number of halogens is 1. The molecule has 130 valence electrons. The molecule has 1 aromatic heterocycles. The van der Waals surface area contributed by atoms with Gasteiger partial charge >= 0.3 is 0 Å². The molecule has 2 aromatic rings. The van der Waals surface area contributed by atoms with Crippen molar-refractivity contribution in [1.29, 1.82) is 0 Å². The van der Waals surface area contributed by atoms with Crippen molar-refractivity contribution in [1.82, 2.24) is 10.3 Å². The SMILES string of the molecule is CN(C)c1nc2cc(F)ccc2cc1CNCC1(O)CCCCC1. The Labute approximate surface area is 142 Å². The lowest BCUT2D eigenvalue weighted by Gasteiger charge is -2.32. The van der Waals surface area contributed by atoms with Gasteiger partial charge in [-0.05, 0) is 31.0 Å². The van der Waals surface area contributed by atoms with Gasteiger partial charge in [-0.1, -0.05) is 19.3 Å². The minimum atomic E-state index is -0.579. The van der Waals surface area contributed by atoms with Crippen molar-refractivity contribution in [3.63, 3.8) is 0 Å². The van der Waals surface area contributed by atoms with Crippen molar-refractivity contribution in [3.05, 3.63) is 35.6 Å². The summed E-state index contributed by atoms with van der Waals surface area (Å²) in [4.78, 5) is 6.54. The molecule has 1 aliphatic rings. The van der Waals surface area contributed by atoms with Crippen LogP contribution in [0, 0.1) is 5.82 Å². The number of aromatic nitrogens is 1. The second-order valence-corrected chi connectivity index (χ2v) is 7.09. The first-order valence-corrected chi connectivity index (χ1v) is 8.66. The van der Waals surface area contributed by atoms with E-state index < -0.39 is 5.60 Å². The molecule has 1 aromatic carbocycles. The van der Waals surface area contributed by atoms with Crippen LogP contribution in [-0.2, 0) is 6.54 Å². The van der Waals surface area contributed by atoms with Gasteiger partial charge in [-0.25, -0.2) is 9.37 Å². The molecule has 3 rings (SSSR count). The highest BCUT2D eigenvalue weighted by Gasteiger charge is 2.28. The molecular weight excluding hydrogens is 305 g/mol. The first kappa shape index (κ1) is 17.1. The summed E-state index contributed by atoms with van der Waals surface area (Å²) in [6.45, 7) is 1.23. The Morgan fingerprint density at radius 2 is 1.96 bits per heavy atom. The second kappa shape index (κ2) is 7.03. The van der Waals surface area contributed by atoms with Crippen LogP contribution >= 0.6 is 0 Å². The molecular formula is C19H26FN3O. The number of hydrogen-bond donors (Lipinski definition) is 2. The van der Waals surface area contributed by atoms with Crippen molar-refractivity contribution in [2.24, 2.45) is 0 Å². The maximum absolute atomic E-state index is 13.4. The van der Waals surface area contributed by atoms with Gasteiger partial charge in [-0.3, -0.25) is 0 Å². The quantitative estimate of drug-likeness (QED) is 0.883. The lowest BCUT2D eigenvalue weighted by molar-refractivity contribution is 0.00468. The van der Waals surface area contributed by atoms with Gasteiger partial charge < -0.3 is 15.3 Å². The van der Waals surface area contributed by atoms with E-state index in [0.29, 0.717) is 18.6 Å². The molecule has 2 N–H and O–H groups in total. The molecule has 1 heterocycles. The van der Waals surface area contributed by atoms with Crippen LogP contribution in [0.25, 0.3) is 10.9 Å². The first-order valence-electron chi connectivity index (χ1n) is 8.66. The summed E-state index contributed by atoms with van der Waals surface area (Å²) < 4.78 is 13.4. The third-order valence-corrected chi connectivity index (χ3v) is 4.81. The average molecular weight is 331 g/mol. The van der Waals surface area contributed by atoms with Gasteiger partial charge in [0.15, 0.2) is 0 Å². The molecule has 1 fully saturated rings. The van der Waals surface area contributed by atoms with Gasteiger partial charge in [-0.15, -0.1) is 0 Å². The van der Waals surface area contributed by atoms with Gasteiger partial charge in [-0.2, -0.15) is 0 Å². The third kappa shape index (κ3) is 3.84. The van der Waals surface area contributed by atoms with Crippen LogP contribution in [0.5, 0.6) is 0 Å². The molecule has 0 atom stereocenters. The lowest BCUT2D eigenvalue weighted by Crippen LogP contribution is -2.42. The standard InChI is InChI=1S/C19H26FN3O/c1-23(2)18-15(10-14-6-7-16(20)11-17(14)22-18)12-21-13-19(24)8-4-3-5-9-19/h6-7,10-11,21,24H,3-5,8-9,12-13H2,1-2H3. The number of nitrogens with one attached hydrogen (secondary N) is 1. The number of aliphatic hydroxyl groups is 1. The van der Waals surface area contributed by atoms with Crippen molar-refractivity contribution >= 4 is 16.7 Å². The fourth-order valence-electron chi connectivity index (χ4n) is 3.51. The second-order valence-electron chi connectivity index (χ2n) is 7.09. The smallest absolute Gasteiger partial charge is 0.133 e. The Morgan fingerprint density at radius 3 is 2.67 bits per heavy atom. The van der Waals surface area contributed by atoms with Crippen LogP contribution < -0.4 is 10.2 Å². The van der Waals surface area contributed by atoms with Crippen molar-refractivity contribution in [2.75, 3.05) is 25.5 Å². The number of rotatable bonds is 5. The van der Waals surface area contributed by atoms with Crippen LogP contribution in [0.4, 0.5) is 10.2 Å². The number of hydrogen-bond acceptors (Lipinski definition) is 4. The van der Waals surface area contributed by atoms with Crippen LogP contribution in [0.1, 0.15) is 37.7 Å². The number of fused-ring (bicyclic) bond motifs is 1. The largest absolute Gasteiger partial charge is 0.389 e. The van der Waals surface area contributed by atoms with Crippen LogP contribution in [-0.4, -0.2) is 36.3 Å². The van der Waals surface area contributed by atoms with Crippen molar-refractivity contribution in [3.8, 4) is 0 Å². The van der Waals surface area contributed by atoms with Gasteiger partial charge in [0.1, 0.15) is 11.6 Å². The fourth-order valence-corrected chi connectivity index (χ4v) is 3.51. The van der Waals surface area contributed by atoms with Crippen molar-refractivity contribution in [2.45, 2.75) is 44.2 Å². The molecule has 1 aliphatic carbocycles. The van der Waals surface area contributed by atoms with Gasteiger partial charge in [0.2, 0.25) is 0 Å². The Bertz CT molecular complexity index is 711. The molecule has 0 spiro atoms. The van der Waals surface area contributed by atoms with E-state index in [1.807, 2.05) is 19.0 Å². The number of anilines is 1. The molecule has 1 saturated carbocycles. The molecule has 0 aliphatic heterocycles. The Hall–Kier alpha value is -1.72. The van der Waals surface area contributed by atoms with Gasteiger partial charge in [0.25, 0.3) is 0 Å². The Kier molecular flexibility index (Phi) is 5.01. The third-order valence-electron chi connectivity index (χ3n) is 4.81. The zero-order valence-corrected chi connectivity index (χ0v) is 14.5. The van der Waals surface area contributed by atoms with Crippen molar-refractivity contribution < 1.29 is 9.50 Å². The zero-order valence-electron chi connectivity index (χ0n) is 14.5. The first-order chi connectivity index (χ1) is 11.5. The summed E-state index contributed by atoms with van der Waals surface area (Å²) in [6.07, 6.45) is 5.16. The molecule has 0 unspecified atom stereocenters. The van der Waals surface area contributed by atoms with E-state index in [-0.39, 0.29) is 5.82 Å². The monoisotopic (exact) mass is 331 g/mol. The van der Waals surface area contributed by atoms with Gasteiger partial charge in [0.05, 0.1) is 11.1 Å². The van der Waals surface area contributed by atoms with E-state index in [0.717, 1.165) is 42.5 Å². The summed E-state index contributed by atoms with van der Waals surface area (Å²) in [6, 6.07) is 6.73. The summed E-state index contributed by atoms with van der Waals surface area (Å²) in [5, 5.41) is 14.9. The maximum atomic E-state index is 13.4. The highest BCUT2D eigenvalue weighted by Crippen LogP contribution is 2.28. The minimum Gasteiger partial charge on any atom is -0.389 e. The fraction of sp³-hybridized carbons (Fsp3) is 0.526. The molecule has 24 heavy (non-hydrogen) atoms. The van der Waals surface area contributed by atoms with Crippen LogP contribution in [0.2, 0.25) is 0 Å². The predicted octanol–water partition coefficient (Wildman–Crippen LogP) is 3.22. The molecule has 0 bridgehead atoms. The predicted molar refractivity (Wildman–Crippen MR) is 95.8 cm³/mol. The highest BCUT2D eigenvalue weighted by atomic mass is 19.1. The Morgan fingerprint density at radius 1 is 1.21 bits per heavy atom. The summed E-state index contributed by atoms with van der Waals surface area (Å²) in [5.41, 5.74) is 1.14. The van der Waals surface area contributed by atoms with Gasteiger partial charge in [0, 0.05) is 44.2 Å². The van der Waals surface area contributed by atoms with E-state index in [4.69, 9.17) is 0 Å². The number of nitrogens with zero attached hydrogens (tertiary/aromatic N) is 2. The zero-order chi connectivity index (χ0) is 17.2. The molecule has 0 radical (unpaired) electrons. The molecule has 0 saturated heterocycles. The molecule has 0 amide bonds. The van der Waals surface area contributed by atoms with E-state index in [1.165, 1.54) is 18.6 Å². The molecule has 4 nitrogen and oxygen atoms in total. The van der Waals surface area contributed by atoms with E-state index in [2.05, 4.69) is 16.4 Å². The minimum absolute atomic E-state index is 0.273. The number of benzene rings is 1. The summed E-state index contributed by atoms with van der Waals surface area (Å²) in [5.74, 6) is 0.557.